The van der Waals surface area contributed by atoms with Gasteiger partial charge in [-0.15, -0.1) is 0 Å². The van der Waals surface area contributed by atoms with E-state index in [1.54, 1.807) is 0 Å². The molecule has 1 aromatic carbocycles. The van der Waals surface area contributed by atoms with Crippen molar-refractivity contribution in [2.24, 2.45) is 5.92 Å². The largest absolute Gasteiger partial charge is 0.481 e. The van der Waals surface area contributed by atoms with Crippen LogP contribution >= 0.6 is 11.6 Å². The minimum Gasteiger partial charge on any atom is -0.481 e. The Labute approximate surface area is 107 Å². The molecule has 0 bridgehead atoms. The summed E-state index contributed by atoms with van der Waals surface area (Å²) in [7, 11) is 0. The van der Waals surface area contributed by atoms with Gasteiger partial charge in [-0.05, 0) is 48.8 Å². The SMILES string of the molecule is O=C(O)CC1CCCC(c2ccc(Cl)cc2)C1. The predicted molar refractivity (Wildman–Crippen MR) is 68.4 cm³/mol. The molecule has 0 amide bonds. The Kier molecular flexibility index (Phi) is 4.06. The number of aliphatic carboxylic acids is 1. The first kappa shape index (κ1) is 12.4. The van der Waals surface area contributed by atoms with E-state index < -0.39 is 5.97 Å². The molecule has 0 aromatic heterocycles. The number of carbonyl (C=O) groups is 1. The summed E-state index contributed by atoms with van der Waals surface area (Å²) in [6.45, 7) is 0. The number of rotatable bonds is 3. The zero-order valence-electron chi connectivity index (χ0n) is 9.73. The van der Waals surface area contributed by atoms with Crippen molar-refractivity contribution in [1.29, 1.82) is 0 Å². The van der Waals surface area contributed by atoms with Crippen molar-refractivity contribution in [3.8, 4) is 0 Å². The van der Waals surface area contributed by atoms with Crippen LogP contribution in [-0.2, 0) is 4.79 Å². The van der Waals surface area contributed by atoms with Crippen LogP contribution in [-0.4, -0.2) is 11.1 Å². The second kappa shape index (κ2) is 5.54. The van der Waals surface area contributed by atoms with Gasteiger partial charge in [-0.2, -0.15) is 0 Å². The molecule has 2 rings (SSSR count). The van der Waals surface area contributed by atoms with Gasteiger partial charge in [-0.3, -0.25) is 4.79 Å². The third-order valence-corrected chi connectivity index (χ3v) is 3.84. The highest BCUT2D eigenvalue weighted by molar-refractivity contribution is 6.30. The zero-order valence-corrected chi connectivity index (χ0v) is 10.5. The maximum atomic E-state index is 10.7. The average molecular weight is 253 g/mol. The molecule has 1 aromatic rings. The van der Waals surface area contributed by atoms with Gasteiger partial charge in [0.15, 0.2) is 0 Å². The second-order valence-electron chi connectivity index (χ2n) is 4.88. The minimum absolute atomic E-state index is 0.310. The molecule has 1 saturated carbocycles. The van der Waals surface area contributed by atoms with E-state index in [0.29, 0.717) is 18.3 Å². The Morgan fingerprint density at radius 2 is 2.00 bits per heavy atom. The second-order valence-corrected chi connectivity index (χ2v) is 5.32. The van der Waals surface area contributed by atoms with Crippen LogP contribution in [0.5, 0.6) is 0 Å². The van der Waals surface area contributed by atoms with Crippen LogP contribution in [0.4, 0.5) is 0 Å². The smallest absolute Gasteiger partial charge is 0.303 e. The molecule has 1 fully saturated rings. The van der Waals surface area contributed by atoms with E-state index in [4.69, 9.17) is 16.7 Å². The molecule has 2 unspecified atom stereocenters. The zero-order chi connectivity index (χ0) is 12.3. The first-order valence-electron chi connectivity index (χ1n) is 6.12. The molecular formula is C14H17ClO2. The lowest BCUT2D eigenvalue weighted by Gasteiger charge is -2.28. The van der Waals surface area contributed by atoms with Crippen LogP contribution in [0.1, 0.15) is 43.6 Å². The van der Waals surface area contributed by atoms with Crippen molar-refractivity contribution < 1.29 is 9.90 Å². The molecule has 2 atom stereocenters. The fourth-order valence-corrected chi connectivity index (χ4v) is 2.89. The molecule has 1 aliphatic carbocycles. The molecule has 0 saturated heterocycles. The maximum Gasteiger partial charge on any atom is 0.303 e. The maximum absolute atomic E-state index is 10.7. The summed E-state index contributed by atoms with van der Waals surface area (Å²) in [6.07, 6.45) is 4.65. The van der Waals surface area contributed by atoms with E-state index in [9.17, 15) is 4.79 Å². The van der Waals surface area contributed by atoms with Crippen LogP contribution in [0, 0.1) is 5.92 Å². The molecule has 17 heavy (non-hydrogen) atoms. The van der Waals surface area contributed by atoms with Gasteiger partial charge < -0.3 is 5.11 Å². The molecule has 0 aliphatic heterocycles. The van der Waals surface area contributed by atoms with E-state index >= 15 is 0 Å². The molecule has 1 aliphatic rings. The van der Waals surface area contributed by atoms with Gasteiger partial charge in [-0.25, -0.2) is 0 Å². The molecular weight excluding hydrogens is 236 g/mol. The van der Waals surface area contributed by atoms with Crippen molar-refractivity contribution in [2.75, 3.05) is 0 Å². The third-order valence-electron chi connectivity index (χ3n) is 3.59. The quantitative estimate of drug-likeness (QED) is 0.880. The Hall–Kier alpha value is -1.02. The lowest BCUT2D eigenvalue weighted by atomic mass is 9.77. The van der Waals surface area contributed by atoms with Gasteiger partial charge in [0.2, 0.25) is 0 Å². The highest BCUT2D eigenvalue weighted by atomic mass is 35.5. The fraction of sp³-hybridized carbons (Fsp3) is 0.500. The average Bonchev–Trinajstić information content (AvgIpc) is 2.29. The monoisotopic (exact) mass is 252 g/mol. The van der Waals surface area contributed by atoms with Crippen molar-refractivity contribution in [3.05, 3.63) is 34.9 Å². The summed E-state index contributed by atoms with van der Waals surface area (Å²) < 4.78 is 0. The summed E-state index contributed by atoms with van der Waals surface area (Å²) in [5.41, 5.74) is 1.30. The van der Waals surface area contributed by atoms with Crippen molar-refractivity contribution in [3.63, 3.8) is 0 Å². The lowest BCUT2D eigenvalue weighted by molar-refractivity contribution is -0.138. The first-order chi connectivity index (χ1) is 8.15. The van der Waals surface area contributed by atoms with Crippen LogP contribution in [0.3, 0.4) is 0 Å². The summed E-state index contributed by atoms with van der Waals surface area (Å²) in [5, 5.41) is 9.60. The normalized spacial score (nSPS) is 24.5. The molecule has 0 radical (unpaired) electrons. The summed E-state index contributed by atoms with van der Waals surface area (Å²) >= 11 is 5.87. The van der Waals surface area contributed by atoms with Crippen LogP contribution < -0.4 is 0 Å². The van der Waals surface area contributed by atoms with Gasteiger partial charge >= 0.3 is 5.97 Å². The molecule has 1 N–H and O–H groups in total. The van der Waals surface area contributed by atoms with E-state index in [-0.39, 0.29) is 0 Å². The van der Waals surface area contributed by atoms with Gasteiger partial charge in [0.1, 0.15) is 0 Å². The Morgan fingerprint density at radius 3 is 2.65 bits per heavy atom. The topological polar surface area (TPSA) is 37.3 Å². The van der Waals surface area contributed by atoms with E-state index in [1.807, 2.05) is 12.1 Å². The summed E-state index contributed by atoms with van der Waals surface area (Å²) in [4.78, 5) is 10.7. The Bertz CT molecular complexity index is 386. The number of carboxylic acid groups (broad SMARTS) is 1. The van der Waals surface area contributed by atoms with Crippen molar-refractivity contribution in [1.82, 2.24) is 0 Å². The van der Waals surface area contributed by atoms with Crippen molar-refractivity contribution in [2.45, 2.75) is 38.0 Å². The van der Waals surface area contributed by atoms with E-state index in [2.05, 4.69) is 12.1 Å². The molecule has 92 valence electrons. The highest BCUT2D eigenvalue weighted by Gasteiger charge is 2.24. The first-order valence-corrected chi connectivity index (χ1v) is 6.50. The van der Waals surface area contributed by atoms with Gasteiger partial charge in [-0.1, -0.05) is 30.2 Å². The number of benzene rings is 1. The minimum atomic E-state index is -0.674. The number of carboxylic acids is 1. The summed E-state index contributed by atoms with van der Waals surface area (Å²) in [5.74, 6) is 0.166. The number of halogens is 1. The predicted octanol–water partition coefficient (Wildman–Crippen LogP) is 4.09. The number of hydrogen-bond acceptors (Lipinski definition) is 1. The number of hydrogen-bond donors (Lipinski definition) is 1. The van der Waals surface area contributed by atoms with Crippen LogP contribution in [0.25, 0.3) is 0 Å². The third kappa shape index (κ3) is 3.47. The van der Waals surface area contributed by atoms with E-state index in [0.717, 1.165) is 30.7 Å². The Morgan fingerprint density at radius 1 is 1.29 bits per heavy atom. The standard InChI is InChI=1S/C14H17ClO2/c15-13-6-4-11(5-7-13)12-3-1-2-10(8-12)9-14(16)17/h4-7,10,12H,1-3,8-9H2,(H,16,17). The van der Waals surface area contributed by atoms with Crippen LogP contribution in [0.2, 0.25) is 5.02 Å². The molecule has 3 heteroatoms. The highest BCUT2D eigenvalue weighted by Crippen LogP contribution is 2.37. The lowest BCUT2D eigenvalue weighted by Crippen LogP contribution is -2.17. The van der Waals surface area contributed by atoms with Gasteiger partial charge in [0, 0.05) is 11.4 Å². The summed E-state index contributed by atoms with van der Waals surface area (Å²) in [6, 6.07) is 7.96. The van der Waals surface area contributed by atoms with E-state index in [1.165, 1.54) is 5.56 Å². The molecule has 2 nitrogen and oxygen atoms in total. The van der Waals surface area contributed by atoms with Crippen LogP contribution in [0.15, 0.2) is 24.3 Å². The van der Waals surface area contributed by atoms with Gasteiger partial charge in [0.05, 0.1) is 0 Å². The molecule has 0 heterocycles. The van der Waals surface area contributed by atoms with Crippen molar-refractivity contribution >= 4 is 17.6 Å². The fourth-order valence-electron chi connectivity index (χ4n) is 2.76. The Balaban J connectivity index is 2.01. The van der Waals surface area contributed by atoms with Gasteiger partial charge in [0.25, 0.3) is 0 Å². The molecule has 0 spiro atoms.